The van der Waals surface area contributed by atoms with Gasteiger partial charge in [-0.05, 0) is 39.7 Å². The zero-order valence-electron chi connectivity index (χ0n) is 19.8. The Morgan fingerprint density at radius 1 is 0.679 bits per heavy atom. The minimum absolute atomic E-state index is 0.722. The number of unbranched alkanes of at least 4 members (excludes halogenated alkanes) is 13. The van der Waals surface area contributed by atoms with Crippen molar-refractivity contribution in [2.75, 3.05) is 26.2 Å². The van der Waals surface area contributed by atoms with Crippen LogP contribution in [0.3, 0.4) is 0 Å². The van der Waals surface area contributed by atoms with Crippen LogP contribution in [0.2, 0.25) is 0 Å². The fourth-order valence-corrected chi connectivity index (χ4v) is 3.79. The lowest BCUT2D eigenvalue weighted by atomic mass is 10.0. The van der Waals surface area contributed by atoms with Crippen LogP contribution in [0.15, 0.2) is 12.7 Å². The van der Waals surface area contributed by atoms with E-state index in [0.717, 1.165) is 6.08 Å². The first kappa shape index (κ1) is 29.4. The van der Waals surface area contributed by atoms with Gasteiger partial charge >= 0.3 is 0 Å². The molecule has 0 saturated carbocycles. The normalized spacial score (nSPS) is 11.0. The molecule has 0 aromatic carbocycles. The van der Waals surface area contributed by atoms with Crippen molar-refractivity contribution >= 4 is 5.97 Å². The Bertz CT molecular complexity index is 329. The van der Waals surface area contributed by atoms with E-state index in [1.165, 1.54) is 121 Å². The summed E-state index contributed by atoms with van der Waals surface area (Å²) >= 11 is 0. The molecule has 0 radical (unpaired) electrons. The first-order chi connectivity index (χ1) is 13.5. The molecule has 0 N–H and O–H groups in total. The molecule has 0 spiro atoms. The number of carboxylic acids is 1. The summed E-state index contributed by atoms with van der Waals surface area (Å²) in [4.78, 5) is 9.14. The quantitative estimate of drug-likeness (QED) is 0.146. The zero-order chi connectivity index (χ0) is 21.5. The number of hydrogen-bond acceptors (Lipinski definition) is 2. The molecule has 0 bridgehead atoms. The third-order valence-electron chi connectivity index (χ3n) is 6.17. The topological polar surface area (TPSA) is 40.1 Å². The molecule has 0 aromatic rings. The molecule has 0 aliphatic heterocycles. The van der Waals surface area contributed by atoms with Crippen LogP contribution in [0.4, 0.5) is 0 Å². The summed E-state index contributed by atoms with van der Waals surface area (Å²) in [5.74, 6) is -1.23. The standard InChI is InChI=1S/C22H48N.C3H4O2/c1-5-9-10-11-12-13-14-15-16-17-18-19-20-21-22-23(6-2,7-3)8-4;1-2-3(4)5/h5-22H2,1-4H3;2H,1H2,(H,4,5)/q+1;/p-1. The van der Waals surface area contributed by atoms with Crippen molar-refractivity contribution in [1.29, 1.82) is 0 Å². The maximum atomic E-state index is 9.14. The number of aliphatic carboxylic acids is 1. The Morgan fingerprint density at radius 3 is 1.21 bits per heavy atom. The highest BCUT2D eigenvalue weighted by Gasteiger charge is 2.19. The molecule has 3 nitrogen and oxygen atoms in total. The average molecular weight is 398 g/mol. The third kappa shape index (κ3) is 19.9. The molecule has 0 unspecified atom stereocenters. The van der Waals surface area contributed by atoms with Crippen molar-refractivity contribution in [3.63, 3.8) is 0 Å². The van der Waals surface area contributed by atoms with Gasteiger partial charge in [0.15, 0.2) is 0 Å². The Labute approximate surface area is 177 Å². The molecule has 0 amide bonds. The largest absolute Gasteiger partial charge is 0.545 e. The van der Waals surface area contributed by atoms with Crippen LogP contribution in [-0.4, -0.2) is 36.6 Å². The van der Waals surface area contributed by atoms with Gasteiger partial charge in [0, 0.05) is 0 Å². The minimum atomic E-state index is -1.23. The molecule has 0 aliphatic rings. The Kier molecular flexibility index (Phi) is 23.6. The highest BCUT2D eigenvalue weighted by atomic mass is 16.4. The van der Waals surface area contributed by atoms with E-state index in [9.17, 15) is 0 Å². The lowest BCUT2D eigenvalue weighted by molar-refractivity contribution is -0.923. The number of rotatable bonds is 19. The van der Waals surface area contributed by atoms with Crippen LogP contribution < -0.4 is 5.11 Å². The molecule has 0 heterocycles. The van der Waals surface area contributed by atoms with Crippen molar-refractivity contribution in [1.82, 2.24) is 0 Å². The maximum absolute atomic E-state index is 9.14. The van der Waals surface area contributed by atoms with Crippen LogP contribution in [0.5, 0.6) is 0 Å². The van der Waals surface area contributed by atoms with Crippen LogP contribution in [-0.2, 0) is 4.79 Å². The zero-order valence-corrected chi connectivity index (χ0v) is 19.8. The number of hydrogen-bond donors (Lipinski definition) is 0. The summed E-state index contributed by atoms with van der Waals surface area (Å²) in [5.41, 5.74) is 0. The summed E-state index contributed by atoms with van der Waals surface area (Å²) in [6, 6.07) is 0. The molecule has 0 aromatic heterocycles. The summed E-state index contributed by atoms with van der Waals surface area (Å²) in [7, 11) is 0. The number of carbonyl (C=O) groups excluding carboxylic acids is 1. The van der Waals surface area contributed by atoms with Gasteiger partial charge in [-0.3, -0.25) is 0 Å². The maximum Gasteiger partial charge on any atom is 0.0786 e. The molecule has 3 heteroatoms. The van der Waals surface area contributed by atoms with E-state index in [4.69, 9.17) is 9.90 Å². The smallest absolute Gasteiger partial charge is 0.0786 e. The van der Waals surface area contributed by atoms with Crippen LogP contribution >= 0.6 is 0 Å². The Balaban J connectivity index is 0. The second-order valence-corrected chi connectivity index (χ2v) is 8.13. The minimum Gasteiger partial charge on any atom is -0.545 e. The summed E-state index contributed by atoms with van der Waals surface area (Å²) < 4.78 is 1.33. The molecule has 0 fully saturated rings. The molecule has 0 atom stereocenters. The number of carbonyl (C=O) groups is 1. The van der Waals surface area contributed by atoms with E-state index < -0.39 is 5.97 Å². The molecule has 168 valence electrons. The Morgan fingerprint density at radius 2 is 0.964 bits per heavy atom. The Hall–Kier alpha value is -0.830. The fraction of sp³-hybridized carbons (Fsp3) is 0.880. The highest BCUT2D eigenvalue weighted by Crippen LogP contribution is 2.14. The van der Waals surface area contributed by atoms with Crippen molar-refractivity contribution in [3.05, 3.63) is 12.7 Å². The van der Waals surface area contributed by atoms with E-state index in [0.29, 0.717) is 0 Å². The van der Waals surface area contributed by atoms with Gasteiger partial charge in [0.05, 0.1) is 32.1 Å². The van der Waals surface area contributed by atoms with E-state index in [2.05, 4.69) is 34.3 Å². The highest BCUT2D eigenvalue weighted by molar-refractivity contribution is 5.76. The van der Waals surface area contributed by atoms with E-state index in [1.54, 1.807) is 0 Å². The molecule has 0 aliphatic carbocycles. The van der Waals surface area contributed by atoms with E-state index in [-0.39, 0.29) is 0 Å². The first-order valence-electron chi connectivity index (χ1n) is 12.2. The second-order valence-electron chi connectivity index (χ2n) is 8.13. The van der Waals surface area contributed by atoms with Gasteiger partial charge in [0.2, 0.25) is 0 Å². The van der Waals surface area contributed by atoms with Gasteiger partial charge in [-0.15, -0.1) is 0 Å². The van der Waals surface area contributed by atoms with Gasteiger partial charge in [0.1, 0.15) is 0 Å². The summed E-state index contributed by atoms with van der Waals surface area (Å²) in [6.07, 6.45) is 21.2. The van der Waals surface area contributed by atoms with Crippen molar-refractivity contribution < 1.29 is 14.4 Å². The molecular weight excluding hydrogens is 346 g/mol. The van der Waals surface area contributed by atoms with Gasteiger partial charge in [-0.2, -0.15) is 0 Å². The summed E-state index contributed by atoms with van der Waals surface area (Å²) in [6.45, 7) is 17.6. The van der Waals surface area contributed by atoms with Gasteiger partial charge in [0.25, 0.3) is 0 Å². The lowest BCUT2D eigenvalue weighted by Crippen LogP contribution is -2.48. The van der Waals surface area contributed by atoms with Crippen LogP contribution in [0, 0.1) is 0 Å². The predicted octanol–water partition coefficient (Wildman–Crippen LogP) is 6.27. The average Bonchev–Trinajstić information content (AvgIpc) is 2.72. The van der Waals surface area contributed by atoms with E-state index in [1.807, 2.05) is 0 Å². The lowest BCUT2D eigenvalue weighted by Gasteiger charge is -2.35. The number of quaternary nitrogens is 1. The molecule has 28 heavy (non-hydrogen) atoms. The van der Waals surface area contributed by atoms with Crippen molar-refractivity contribution in [2.45, 2.75) is 118 Å². The fourth-order valence-electron chi connectivity index (χ4n) is 3.79. The predicted molar refractivity (Wildman–Crippen MR) is 122 cm³/mol. The number of carboxylic acid groups (broad SMARTS) is 1. The number of nitrogens with zero attached hydrogens (tertiary/aromatic N) is 1. The van der Waals surface area contributed by atoms with Gasteiger partial charge in [-0.25, -0.2) is 0 Å². The molecular formula is C25H51NO2. The SMILES string of the molecule is C=CC(=O)[O-].CCCCCCCCCCCCCCCC[N+](CC)(CC)CC. The van der Waals surface area contributed by atoms with Crippen molar-refractivity contribution in [2.24, 2.45) is 0 Å². The van der Waals surface area contributed by atoms with Gasteiger partial charge in [-0.1, -0.05) is 90.6 Å². The second kappa shape index (κ2) is 22.5. The molecule has 0 saturated heterocycles. The molecule has 0 rings (SSSR count). The van der Waals surface area contributed by atoms with Crippen molar-refractivity contribution in [3.8, 4) is 0 Å². The first-order valence-corrected chi connectivity index (χ1v) is 12.2. The van der Waals surface area contributed by atoms with Crippen LogP contribution in [0.25, 0.3) is 0 Å². The monoisotopic (exact) mass is 397 g/mol. The van der Waals surface area contributed by atoms with E-state index >= 15 is 0 Å². The summed E-state index contributed by atoms with van der Waals surface area (Å²) in [5, 5.41) is 9.14. The third-order valence-corrected chi connectivity index (χ3v) is 6.17. The van der Waals surface area contributed by atoms with Crippen LogP contribution in [0.1, 0.15) is 118 Å². The van der Waals surface area contributed by atoms with Gasteiger partial charge < -0.3 is 14.4 Å².